The molecule has 0 heterocycles. The molecule has 0 spiro atoms. The third-order valence-electron chi connectivity index (χ3n) is 2.61. The van der Waals surface area contributed by atoms with E-state index in [1.807, 2.05) is 0 Å². The molecule has 0 amide bonds. The van der Waals surface area contributed by atoms with Crippen molar-refractivity contribution >= 4 is 30.4 Å². The van der Waals surface area contributed by atoms with E-state index in [1.54, 1.807) is 42.5 Å². The number of methoxy groups -OCH3 is 1. The Hall–Kier alpha value is -1.33. The molecular formula is C14H12F3IO4S. The SMILES string of the molecule is COc1ccc(I(OS(=O)(=O)C(F)(F)F)c2ccccc2)cc1. The normalized spacial score (nSPS) is 12.8. The van der Waals surface area contributed by atoms with E-state index in [2.05, 4.69) is 2.51 Å². The van der Waals surface area contributed by atoms with E-state index < -0.39 is 35.9 Å². The Morgan fingerprint density at radius 2 is 1.43 bits per heavy atom. The van der Waals surface area contributed by atoms with E-state index in [0.717, 1.165) is 0 Å². The molecule has 0 saturated carbocycles. The van der Waals surface area contributed by atoms with Crippen molar-refractivity contribution in [2.75, 3.05) is 7.11 Å². The number of benzene rings is 2. The van der Waals surface area contributed by atoms with Crippen LogP contribution >= 0.6 is 20.2 Å². The molecule has 0 N–H and O–H groups in total. The number of alkyl halides is 3. The summed E-state index contributed by atoms with van der Waals surface area (Å²) in [6.07, 6.45) is 0. The first-order chi connectivity index (χ1) is 10.7. The molecule has 2 rings (SSSR count). The van der Waals surface area contributed by atoms with Gasteiger partial charge in [0.1, 0.15) is 0 Å². The van der Waals surface area contributed by atoms with Gasteiger partial charge in [-0.2, -0.15) is 0 Å². The van der Waals surface area contributed by atoms with Crippen LogP contribution in [-0.2, 0) is 12.6 Å². The van der Waals surface area contributed by atoms with Crippen LogP contribution in [0.5, 0.6) is 5.75 Å². The number of halogens is 4. The Morgan fingerprint density at radius 1 is 0.913 bits per heavy atom. The van der Waals surface area contributed by atoms with Gasteiger partial charge in [0.15, 0.2) is 0 Å². The van der Waals surface area contributed by atoms with Gasteiger partial charge in [0, 0.05) is 0 Å². The Labute approximate surface area is 139 Å². The number of ether oxygens (including phenoxy) is 1. The topological polar surface area (TPSA) is 52.6 Å². The third kappa shape index (κ3) is 4.36. The summed E-state index contributed by atoms with van der Waals surface area (Å²) in [5.41, 5.74) is -5.45. The summed E-state index contributed by atoms with van der Waals surface area (Å²) in [6, 6.07) is 14.2. The first kappa shape index (κ1) is 18.0. The van der Waals surface area contributed by atoms with Crippen LogP contribution in [0.4, 0.5) is 13.2 Å². The van der Waals surface area contributed by atoms with Gasteiger partial charge in [0.25, 0.3) is 0 Å². The fraction of sp³-hybridized carbons (Fsp3) is 0.143. The molecule has 0 aliphatic carbocycles. The van der Waals surface area contributed by atoms with Crippen LogP contribution in [0.2, 0.25) is 0 Å². The zero-order chi connectivity index (χ0) is 17.1. The molecule has 0 fully saturated rings. The summed E-state index contributed by atoms with van der Waals surface area (Å²) in [6.45, 7) is 0. The van der Waals surface area contributed by atoms with Crippen LogP contribution < -0.4 is 4.74 Å². The molecule has 0 bridgehead atoms. The molecule has 0 unspecified atom stereocenters. The summed E-state index contributed by atoms with van der Waals surface area (Å²) < 4.78 is 71.2. The number of hydrogen-bond acceptors (Lipinski definition) is 4. The van der Waals surface area contributed by atoms with E-state index in [-0.39, 0.29) is 0 Å². The summed E-state index contributed by atoms with van der Waals surface area (Å²) in [5.74, 6) is 0.510. The van der Waals surface area contributed by atoms with Crippen molar-refractivity contribution in [1.29, 1.82) is 0 Å². The van der Waals surface area contributed by atoms with Crippen LogP contribution in [0.15, 0.2) is 54.6 Å². The summed E-state index contributed by atoms with van der Waals surface area (Å²) >= 11 is -3.28. The van der Waals surface area contributed by atoms with Gasteiger partial charge in [-0.1, -0.05) is 0 Å². The molecule has 126 valence electrons. The van der Waals surface area contributed by atoms with E-state index in [9.17, 15) is 21.6 Å². The van der Waals surface area contributed by atoms with Crippen molar-refractivity contribution in [2.45, 2.75) is 5.51 Å². The quantitative estimate of drug-likeness (QED) is 0.500. The molecule has 4 nitrogen and oxygen atoms in total. The van der Waals surface area contributed by atoms with Gasteiger partial charge in [-0.3, -0.25) is 0 Å². The number of hydrogen-bond donors (Lipinski definition) is 0. The molecule has 2 aromatic rings. The first-order valence-electron chi connectivity index (χ1n) is 6.15. The molecule has 0 aromatic heterocycles. The molecule has 0 saturated heterocycles. The molecule has 0 radical (unpaired) electrons. The van der Waals surface area contributed by atoms with Gasteiger partial charge in [-0.05, 0) is 0 Å². The molecule has 23 heavy (non-hydrogen) atoms. The molecular weight excluding hydrogens is 448 g/mol. The molecule has 2 aromatic carbocycles. The average molecular weight is 460 g/mol. The van der Waals surface area contributed by atoms with Crippen molar-refractivity contribution < 1.29 is 28.8 Å². The minimum absolute atomic E-state index is 0.411. The van der Waals surface area contributed by atoms with Crippen molar-refractivity contribution in [2.24, 2.45) is 0 Å². The van der Waals surface area contributed by atoms with Gasteiger partial charge >= 0.3 is 139 Å². The first-order valence-corrected chi connectivity index (χ1v) is 10.6. The summed E-state index contributed by atoms with van der Waals surface area (Å²) in [5, 5.41) is 0. The second kappa shape index (κ2) is 7.05. The Morgan fingerprint density at radius 3 is 1.91 bits per heavy atom. The van der Waals surface area contributed by atoms with Crippen LogP contribution in [0, 0.1) is 7.14 Å². The fourth-order valence-corrected chi connectivity index (χ4v) is 7.99. The second-order valence-electron chi connectivity index (χ2n) is 4.17. The Kier molecular flexibility index (Phi) is 5.53. The fourth-order valence-electron chi connectivity index (χ4n) is 1.53. The van der Waals surface area contributed by atoms with Gasteiger partial charge in [-0.25, -0.2) is 0 Å². The maximum atomic E-state index is 12.6. The zero-order valence-electron chi connectivity index (χ0n) is 11.7. The third-order valence-corrected chi connectivity index (χ3v) is 9.67. The molecule has 0 aliphatic heterocycles. The van der Waals surface area contributed by atoms with Crippen LogP contribution in [-0.4, -0.2) is 21.0 Å². The Balaban J connectivity index is 2.44. The molecule has 0 atom stereocenters. The Bertz CT molecular complexity index is 746. The van der Waals surface area contributed by atoms with Crippen molar-refractivity contribution in [3.8, 4) is 5.75 Å². The van der Waals surface area contributed by atoms with Crippen molar-refractivity contribution in [3.05, 3.63) is 61.7 Å². The predicted octanol–water partition coefficient (Wildman–Crippen LogP) is 4.02. The summed E-state index contributed by atoms with van der Waals surface area (Å²) in [7, 11) is -4.22. The van der Waals surface area contributed by atoms with E-state index in [4.69, 9.17) is 4.74 Å². The summed E-state index contributed by atoms with van der Waals surface area (Å²) in [4.78, 5) is 0. The molecule has 0 aliphatic rings. The maximum absolute atomic E-state index is 12.6. The predicted molar refractivity (Wildman–Crippen MR) is 86.9 cm³/mol. The van der Waals surface area contributed by atoms with Crippen LogP contribution in [0.3, 0.4) is 0 Å². The molecule has 9 heteroatoms. The zero-order valence-corrected chi connectivity index (χ0v) is 14.7. The van der Waals surface area contributed by atoms with Crippen LogP contribution in [0.1, 0.15) is 0 Å². The van der Waals surface area contributed by atoms with E-state index >= 15 is 0 Å². The van der Waals surface area contributed by atoms with Gasteiger partial charge in [0.2, 0.25) is 0 Å². The second-order valence-corrected chi connectivity index (χ2v) is 10.7. The van der Waals surface area contributed by atoms with Crippen molar-refractivity contribution in [3.63, 3.8) is 0 Å². The average Bonchev–Trinajstić information content (AvgIpc) is 2.52. The standard InChI is InChI=1S/C14H12F3IO4S/c1-21-13-9-7-12(8-10-13)18(11-5-3-2-4-6-11)22-23(19,20)14(15,16)17/h2-10H,1H3. The van der Waals surface area contributed by atoms with E-state index in [1.165, 1.54) is 19.2 Å². The van der Waals surface area contributed by atoms with Gasteiger partial charge in [0.05, 0.1) is 0 Å². The van der Waals surface area contributed by atoms with E-state index in [0.29, 0.717) is 12.9 Å². The van der Waals surface area contributed by atoms with Crippen LogP contribution in [0.25, 0.3) is 0 Å². The van der Waals surface area contributed by atoms with Crippen molar-refractivity contribution in [1.82, 2.24) is 0 Å². The minimum atomic E-state index is -5.67. The van der Waals surface area contributed by atoms with Gasteiger partial charge in [-0.15, -0.1) is 0 Å². The van der Waals surface area contributed by atoms with Gasteiger partial charge < -0.3 is 0 Å². The monoisotopic (exact) mass is 460 g/mol. The number of rotatable bonds is 5.